The first-order valence-corrected chi connectivity index (χ1v) is 8.83. The highest BCUT2D eigenvalue weighted by molar-refractivity contribution is 8.01. The zero-order valence-corrected chi connectivity index (χ0v) is 14.9. The Morgan fingerprint density at radius 2 is 1.69 bits per heavy atom. The fourth-order valence-electron chi connectivity index (χ4n) is 2.67. The van der Waals surface area contributed by atoms with Crippen LogP contribution in [0.25, 0.3) is 0 Å². The number of cyclic esters (lactones) is 2. The van der Waals surface area contributed by atoms with E-state index in [-0.39, 0.29) is 11.7 Å². The molecule has 8 nitrogen and oxygen atoms in total. The van der Waals surface area contributed by atoms with Gasteiger partial charge in [-0.2, -0.15) is 0 Å². The Balaban J connectivity index is 1.76. The molecule has 1 aromatic carbocycles. The van der Waals surface area contributed by atoms with E-state index in [4.69, 9.17) is 9.47 Å². The summed E-state index contributed by atoms with van der Waals surface area (Å²) in [5.74, 6) is -1.81. The number of halogens is 1. The van der Waals surface area contributed by atoms with E-state index in [0.717, 1.165) is 11.9 Å². The summed E-state index contributed by atoms with van der Waals surface area (Å²) < 4.78 is 26.8. The van der Waals surface area contributed by atoms with Gasteiger partial charge in [-0.05, 0) is 24.3 Å². The Bertz CT molecular complexity index is 690. The van der Waals surface area contributed by atoms with Crippen LogP contribution in [-0.4, -0.2) is 59.1 Å². The summed E-state index contributed by atoms with van der Waals surface area (Å²) in [5.41, 5.74) is 0.552. The van der Waals surface area contributed by atoms with E-state index in [0.29, 0.717) is 31.9 Å². The molecule has 3 rings (SSSR count). The van der Waals surface area contributed by atoms with Crippen LogP contribution in [-0.2, 0) is 23.9 Å². The Hall–Kier alpha value is -2.33. The lowest BCUT2D eigenvalue weighted by molar-refractivity contribution is -0.257. The van der Waals surface area contributed by atoms with E-state index in [1.54, 1.807) is 9.80 Å². The number of amides is 1. The molecule has 1 amide bonds. The molecule has 0 atom stereocenters. The van der Waals surface area contributed by atoms with Crippen molar-refractivity contribution in [1.29, 1.82) is 0 Å². The van der Waals surface area contributed by atoms with Crippen LogP contribution >= 0.6 is 11.9 Å². The lowest BCUT2D eigenvalue weighted by Crippen LogP contribution is -2.61. The molecule has 0 aliphatic carbocycles. The van der Waals surface area contributed by atoms with Gasteiger partial charge >= 0.3 is 17.2 Å². The van der Waals surface area contributed by atoms with Crippen LogP contribution in [0, 0.1) is 5.82 Å². The molecule has 0 bridgehead atoms. The lowest BCUT2D eigenvalue weighted by Gasteiger charge is -2.45. The number of hydrogen-bond donors (Lipinski definition) is 1. The summed E-state index contributed by atoms with van der Waals surface area (Å²) >= 11 is 0.891. The van der Waals surface area contributed by atoms with Gasteiger partial charge in [0.25, 0.3) is 0 Å². The summed E-state index contributed by atoms with van der Waals surface area (Å²) in [4.78, 5) is 38.5. The molecule has 2 saturated heterocycles. The Morgan fingerprint density at radius 3 is 2.23 bits per heavy atom. The first-order chi connectivity index (χ1) is 12.4. The van der Waals surface area contributed by atoms with Crippen molar-refractivity contribution >= 4 is 35.5 Å². The van der Waals surface area contributed by atoms with Gasteiger partial charge in [0.2, 0.25) is 5.91 Å². The van der Waals surface area contributed by atoms with Gasteiger partial charge in [0.15, 0.2) is 0 Å². The summed E-state index contributed by atoms with van der Waals surface area (Å²) in [6.07, 6.45) is -0.452. The number of anilines is 1. The van der Waals surface area contributed by atoms with E-state index in [1.807, 2.05) is 0 Å². The molecule has 26 heavy (non-hydrogen) atoms. The second kappa shape index (κ2) is 7.50. The first-order valence-electron chi connectivity index (χ1n) is 8.02. The molecule has 0 spiro atoms. The zero-order valence-electron chi connectivity index (χ0n) is 14.1. The van der Waals surface area contributed by atoms with E-state index in [2.05, 4.69) is 4.72 Å². The average Bonchev–Trinajstić information content (AvgIpc) is 2.60. The highest BCUT2D eigenvalue weighted by atomic mass is 32.2. The second-order valence-corrected chi connectivity index (χ2v) is 6.78. The molecule has 140 valence electrons. The van der Waals surface area contributed by atoms with Gasteiger partial charge < -0.3 is 19.1 Å². The molecule has 1 aromatic rings. The molecule has 10 heteroatoms. The SMILES string of the molecule is CC(=O)N1CCN(C2(SNc3ccc(F)cc3)OC(=O)CC(=O)O2)CC1. The predicted octanol–water partition coefficient (Wildman–Crippen LogP) is 1.15. The molecule has 0 saturated carbocycles. The number of hydrogen-bond acceptors (Lipinski definition) is 8. The molecule has 2 fully saturated rings. The summed E-state index contributed by atoms with van der Waals surface area (Å²) in [5, 5.41) is -1.68. The van der Waals surface area contributed by atoms with Crippen molar-refractivity contribution < 1.29 is 28.2 Å². The molecular weight excluding hydrogens is 365 g/mol. The topological polar surface area (TPSA) is 88.2 Å². The maximum atomic E-state index is 13.0. The smallest absolute Gasteiger partial charge is 0.394 e. The number of esters is 2. The minimum Gasteiger partial charge on any atom is -0.397 e. The maximum absolute atomic E-state index is 13.0. The largest absolute Gasteiger partial charge is 0.397 e. The molecule has 0 unspecified atom stereocenters. The lowest BCUT2D eigenvalue weighted by atomic mass is 10.3. The van der Waals surface area contributed by atoms with Gasteiger partial charge in [0.1, 0.15) is 12.2 Å². The third-order valence-electron chi connectivity index (χ3n) is 4.03. The van der Waals surface area contributed by atoms with Crippen molar-refractivity contribution in [2.75, 3.05) is 30.9 Å². The zero-order chi connectivity index (χ0) is 18.7. The van der Waals surface area contributed by atoms with Crippen LogP contribution in [0.15, 0.2) is 24.3 Å². The van der Waals surface area contributed by atoms with Gasteiger partial charge in [-0.3, -0.25) is 14.4 Å². The minimum atomic E-state index is -1.68. The molecule has 1 N–H and O–H groups in total. The second-order valence-electron chi connectivity index (χ2n) is 5.85. The predicted molar refractivity (Wildman–Crippen MR) is 91.0 cm³/mol. The van der Waals surface area contributed by atoms with Crippen molar-refractivity contribution in [2.45, 2.75) is 18.6 Å². The van der Waals surface area contributed by atoms with E-state index in [1.165, 1.54) is 31.2 Å². The van der Waals surface area contributed by atoms with Crippen molar-refractivity contribution in [1.82, 2.24) is 9.80 Å². The number of nitrogens with one attached hydrogen (secondary N) is 1. The third kappa shape index (κ3) is 4.07. The van der Waals surface area contributed by atoms with Crippen LogP contribution in [0.1, 0.15) is 13.3 Å². The third-order valence-corrected chi connectivity index (χ3v) is 5.05. The van der Waals surface area contributed by atoms with Crippen LogP contribution in [0.4, 0.5) is 10.1 Å². The van der Waals surface area contributed by atoms with Crippen molar-refractivity contribution in [2.24, 2.45) is 0 Å². The Morgan fingerprint density at radius 1 is 1.12 bits per heavy atom. The number of rotatable bonds is 4. The van der Waals surface area contributed by atoms with Crippen molar-refractivity contribution in [3.05, 3.63) is 30.1 Å². The van der Waals surface area contributed by atoms with E-state index >= 15 is 0 Å². The minimum absolute atomic E-state index is 0.0478. The fourth-order valence-corrected chi connectivity index (χ4v) is 3.63. The summed E-state index contributed by atoms with van der Waals surface area (Å²) in [6.45, 7) is 3.04. The average molecular weight is 383 g/mol. The number of carbonyl (C=O) groups is 3. The molecule has 2 aliphatic rings. The van der Waals surface area contributed by atoms with Crippen LogP contribution in [0.5, 0.6) is 0 Å². The van der Waals surface area contributed by atoms with Gasteiger partial charge in [-0.1, -0.05) is 0 Å². The van der Waals surface area contributed by atoms with E-state index in [9.17, 15) is 18.8 Å². The number of carbonyl (C=O) groups excluding carboxylic acids is 3. The van der Waals surface area contributed by atoms with Gasteiger partial charge in [0, 0.05) is 38.8 Å². The fraction of sp³-hybridized carbons (Fsp3) is 0.438. The van der Waals surface area contributed by atoms with Gasteiger partial charge in [-0.25, -0.2) is 9.29 Å². The van der Waals surface area contributed by atoms with Crippen molar-refractivity contribution in [3.63, 3.8) is 0 Å². The Kier molecular flexibility index (Phi) is 5.33. The summed E-state index contributed by atoms with van der Waals surface area (Å²) in [7, 11) is 0. The van der Waals surface area contributed by atoms with Crippen molar-refractivity contribution in [3.8, 4) is 0 Å². The Labute approximate surface area is 153 Å². The molecule has 0 aromatic heterocycles. The molecule has 2 heterocycles. The standard InChI is InChI=1S/C16H18FN3O5S/c1-11(21)19-6-8-20(9-7-19)16(24-14(22)10-15(23)25-16)26-18-13-4-2-12(17)3-5-13/h2-5,18H,6-10H2,1H3. The highest BCUT2D eigenvalue weighted by Crippen LogP contribution is 2.37. The van der Waals surface area contributed by atoms with E-state index < -0.39 is 23.6 Å². The van der Waals surface area contributed by atoms with Gasteiger partial charge in [-0.15, -0.1) is 0 Å². The molecule has 2 aliphatic heterocycles. The number of piperazine rings is 1. The number of benzene rings is 1. The normalized spacial score (nSPS) is 20.3. The monoisotopic (exact) mass is 383 g/mol. The maximum Gasteiger partial charge on any atom is 0.394 e. The molecule has 0 radical (unpaired) electrons. The van der Waals surface area contributed by atoms with Gasteiger partial charge in [0.05, 0.1) is 11.9 Å². The van der Waals surface area contributed by atoms with Crippen LogP contribution < -0.4 is 4.72 Å². The number of nitrogens with zero attached hydrogens (tertiary/aromatic N) is 2. The summed E-state index contributed by atoms with van der Waals surface area (Å²) in [6, 6.07) is 5.58. The van der Waals surface area contributed by atoms with Crippen LogP contribution in [0.3, 0.4) is 0 Å². The van der Waals surface area contributed by atoms with Crippen LogP contribution in [0.2, 0.25) is 0 Å². The first kappa shape index (κ1) is 18.5. The number of ether oxygens (including phenoxy) is 2. The molecular formula is C16H18FN3O5S. The highest BCUT2D eigenvalue weighted by Gasteiger charge is 2.51. The quantitative estimate of drug-likeness (QED) is 0.471.